The Morgan fingerprint density at radius 2 is 2.15 bits per heavy atom. The number of hydrogen-bond acceptors (Lipinski definition) is 3. The van der Waals surface area contributed by atoms with E-state index in [0.717, 1.165) is 45.1 Å². The lowest BCUT2D eigenvalue weighted by molar-refractivity contribution is 0.221. The molecular formula is C20H35IN4S. The third-order valence-electron chi connectivity index (χ3n) is 4.46. The largest absolute Gasteiger partial charge is 0.357 e. The number of likely N-dealkylation sites (tertiary alicyclic amines) is 1. The van der Waals surface area contributed by atoms with Gasteiger partial charge in [0, 0.05) is 43.6 Å². The number of thiophene rings is 1. The van der Waals surface area contributed by atoms with Gasteiger partial charge in [0.15, 0.2) is 5.96 Å². The summed E-state index contributed by atoms with van der Waals surface area (Å²) in [7, 11) is 0. The quantitative estimate of drug-likeness (QED) is 0.249. The van der Waals surface area contributed by atoms with Crippen molar-refractivity contribution in [3.8, 4) is 0 Å². The molecule has 1 fully saturated rings. The zero-order chi connectivity index (χ0) is 18.1. The number of piperidine rings is 1. The van der Waals surface area contributed by atoms with E-state index < -0.39 is 0 Å². The monoisotopic (exact) mass is 490 g/mol. The first-order valence-electron chi connectivity index (χ1n) is 9.50. The third kappa shape index (κ3) is 8.86. The molecule has 148 valence electrons. The molecule has 0 aromatic carbocycles. The fourth-order valence-corrected chi connectivity index (χ4v) is 4.08. The van der Waals surface area contributed by atoms with E-state index in [2.05, 4.69) is 60.4 Å². The molecule has 0 radical (unpaired) electrons. The first-order valence-corrected chi connectivity index (χ1v) is 10.4. The van der Waals surface area contributed by atoms with Crippen LogP contribution in [0.2, 0.25) is 0 Å². The van der Waals surface area contributed by atoms with Crippen molar-refractivity contribution in [2.75, 3.05) is 32.7 Å². The Kier molecular flexibility index (Phi) is 11.5. The van der Waals surface area contributed by atoms with Gasteiger partial charge in [0.25, 0.3) is 0 Å². The summed E-state index contributed by atoms with van der Waals surface area (Å²) in [5.74, 6) is 1.53. The molecule has 2 N–H and O–H groups in total. The lowest BCUT2D eigenvalue weighted by Crippen LogP contribution is -2.49. The van der Waals surface area contributed by atoms with Gasteiger partial charge in [0.1, 0.15) is 0 Å². The standard InChI is InChI=1S/C20H34N4S.HI/c1-5-21-20(22-14-17(4)13-19-7-6-12-25-19)23-18-8-10-24(11-9-18)15-16(2)3;/h6-7,12,17-18H,2,5,8-11,13-15H2,1,3-4H3,(H2,21,22,23);1H. The SMILES string of the molecule is C=C(C)CN1CCC(NC(=NCC(C)Cc2cccs2)NCC)CC1.I. The van der Waals surface area contributed by atoms with Crippen LogP contribution >= 0.6 is 35.3 Å². The number of rotatable bonds is 8. The van der Waals surface area contributed by atoms with Crippen LogP contribution in [0.3, 0.4) is 0 Å². The molecule has 1 unspecified atom stereocenters. The topological polar surface area (TPSA) is 39.7 Å². The Bertz CT molecular complexity index is 536. The van der Waals surface area contributed by atoms with E-state index in [1.165, 1.54) is 23.3 Å². The van der Waals surface area contributed by atoms with E-state index in [4.69, 9.17) is 4.99 Å². The molecular weight excluding hydrogens is 455 g/mol. The number of halogens is 1. The van der Waals surface area contributed by atoms with Gasteiger partial charge in [0.05, 0.1) is 0 Å². The molecule has 1 aromatic rings. The van der Waals surface area contributed by atoms with Crippen LogP contribution in [0, 0.1) is 5.92 Å². The lowest BCUT2D eigenvalue weighted by atomic mass is 10.0. The van der Waals surface area contributed by atoms with Gasteiger partial charge in [-0.2, -0.15) is 0 Å². The molecule has 0 bridgehead atoms. The predicted octanol–water partition coefficient (Wildman–Crippen LogP) is 4.14. The molecule has 1 aromatic heterocycles. The number of guanidine groups is 1. The highest BCUT2D eigenvalue weighted by Gasteiger charge is 2.19. The number of nitrogens with zero attached hydrogens (tertiary/aromatic N) is 2. The van der Waals surface area contributed by atoms with Crippen molar-refractivity contribution >= 4 is 41.3 Å². The Morgan fingerprint density at radius 3 is 2.73 bits per heavy atom. The van der Waals surface area contributed by atoms with Gasteiger partial charge in [-0.3, -0.25) is 9.89 Å². The van der Waals surface area contributed by atoms with Crippen LogP contribution in [0.4, 0.5) is 0 Å². The number of nitrogens with one attached hydrogen (secondary N) is 2. The van der Waals surface area contributed by atoms with Crippen LogP contribution in [-0.4, -0.2) is 49.6 Å². The smallest absolute Gasteiger partial charge is 0.191 e. The van der Waals surface area contributed by atoms with Crippen molar-refractivity contribution in [2.24, 2.45) is 10.9 Å². The maximum atomic E-state index is 4.83. The molecule has 1 aliphatic heterocycles. The highest BCUT2D eigenvalue weighted by Crippen LogP contribution is 2.15. The predicted molar refractivity (Wildman–Crippen MR) is 126 cm³/mol. The minimum atomic E-state index is 0. The van der Waals surface area contributed by atoms with Gasteiger partial charge >= 0.3 is 0 Å². The molecule has 0 amide bonds. The highest BCUT2D eigenvalue weighted by molar-refractivity contribution is 14.0. The zero-order valence-corrected chi connectivity index (χ0v) is 19.6. The second kappa shape index (κ2) is 12.7. The zero-order valence-electron chi connectivity index (χ0n) is 16.5. The molecule has 1 atom stereocenters. The fraction of sp³-hybridized carbons (Fsp3) is 0.650. The third-order valence-corrected chi connectivity index (χ3v) is 5.36. The average molecular weight is 490 g/mol. The Labute approximate surface area is 180 Å². The maximum Gasteiger partial charge on any atom is 0.191 e. The van der Waals surface area contributed by atoms with Crippen LogP contribution in [-0.2, 0) is 6.42 Å². The van der Waals surface area contributed by atoms with E-state index in [0.29, 0.717) is 12.0 Å². The molecule has 26 heavy (non-hydrogen) atoms. The summed E-state index contributed by atoms with van der Waals surface area (Å²) in [5.41, 5.74) is 1.25. The van der Waals surface area contributed by atoms with E-state index in [1.54, 1.807) is 0 Å². The van der Waals surface area contributed by atoms with Gasteiger partial charge in [-0.25, -0.2) is 0 Å². The molecule has 2 rings (SSSR count). The summed E-state index contributed by atoms with van der Waals surface area (Å²) in [6, 6.07) is 4.86. The van der Waals surface area contributed by atoms with E-state index >= 15 is 0 Å². The van der Waals surface area contributed by atoms with Crippen LogP contribution < -0.4 is 10.6 Å². The summed E-state index contributed by atoms with van der Waals surface area (Å²) < 4.78 is 0. The van der Waals surface area contributed by atoms with E-state index in [-0.39, 0.29) is 24.0 Å². The highest BCUT2D eigenvalue weighted by atomic mass is 127. The molecule has 0 saturated carbocycles. The maximum absolute atomic E-state index is 4.83. The minimum Gasteiger partial charge on any atom is -0.357 e. The van der Waals surface area contributed by atoms with Crippen molar-refractivity contribution in [3.05, 3.63) is 34.5 Å². The normalized spacial score (nSPS) is 17.4. The fourth-order valence-electron chi connectivity index (χ4n) is 3.21. The molecule has 4 nitrogen and oxygen atoms in total. The van der Waals surface area contributed by atoms with Crippen molar-refractivity contribution < 1.29 is 0 Å². The van der Waals surface area contributed by atoms with Crippen LogP contribution in [0.25, 0.3) is 0 Å². The number of aliphatic imine (C=N–C) groups is 1. The van der Waals surface area contributed by atoms with Gasteiger partial charge in [0.2, 0.25) is 0 Å². The summed E-state index contributed by atoms with van der Waals surface area (Å²) >= 11 is 1.84. The van der Waals surface area contributed by atoms with Gasteiger partial charge in [-0.1, -0.05) is 25.1 Å². The van der Waals surface area contributed by atoms with E-state index in [9.17, 15) is 0 Å². The Hall–Kier alpha value is -0.600. The van der Waals surface area contributed by atoms with Gasteiger partial charge in [-0.15, -0.1) is 35.3 Å². The van der Waals surface area contributed by atoms with Crippen LogP contribution in [0.15, 0.2) is 34.7 Å². The van der Waals surface area contributed by atoms with Crippen molar-refractivity contribution in [1.82, 2.24) is 15.5 Å². The first-order chi connectivity index (χ1) is 12.1. The summed E-state index contributed by atoms with van der Waals surface area (Å²) in [6.45, 7) is 15.6. The molecule has 0 spiro atoms. The van der Waals surface area contributed by atoms with Crippen LogP contribution in [0.1, 0.15) is 38.5 Å². The van der Waals surface area contributed by atoms with E-state index in [1.807, 2.05) is 11.3 Å². The minimum absolute atomic E-state index is 0. The van der Waals surface area contributed by atoms with Crippen molar-refractivity contribution in [3.63, 3.8) is 0 Å². The number of hydrogen-bond donors (Lipinski definition) is 2. The molecule has 2 heterocycles. The van der Waals surface area contributed by atoms with Gasteiger partial charge < -0.3 is 10.6 Å². The molecule has 1 saturated heterocycles. The lowest BCUT2D eigenvalue weighted by Gasteiger charge is -2.33. The first kappa shape index (κ1) is 23.4. The van der Waals surface area contributed by atoms with Crippen molar-refractivity contribution in [1.29, 1.82) is 0 Å². The summed E-state index contributed by atoms with van der Waals surface area (Å²) in [4.78, 5) is 8.77. The summed E-state index contributed by atoms with van der Waals surface area (Å²) in [5, 5.41) is 9.19. The molecule has 6 heteroatoms. The molecule has 0 aliphatic carbocycles. The second-order valence-electron chi connectivity index (χ2n) is 7.26. The van der Waals surface area contributed by atoms with Crippen LogP contribution in [0.5, 0.6) is 0 Å². The average Bonchev–Trinajstić information content (AvgIpc) is 3.07. The summed E-state index contributed by atoms with van der Waals surface area (Å²) in [6.07, 6.45) is 3.45. The Balaban J connectivity index is 0.00000338. The van der Waals surface area contributed by atoms with Crippen molar-refractivity contribution in [2.45, 2.75) is 46.1 Å². The second-order valence-corrected chi connectivity index (χ2v) is 8.29. The Morgan fingerprint density at radius 1 is 1.42 bits per heavy atom. The van der Waals surface area contributed by atoms with Gasteiger partial charge in [-0.05, 0) is 50.5 Å². The molecule has 1 aliphatic rings.